The molecule has 3 unspecified atom stereocenters. The molecule has 234 valence electrons. The fourth-order valence-electron chi connectivity index (χ4n) is 4.92. The second-order valence-corrected chi connectivity index (χ2v) is 12.0. The number of carboxylic acids is 1. The number of amides is 3. The highest BCUT2D eigenvalue weighted by atomic mass is 16.5. The molecule has 3 atom stereocenters. The van der Waals surface area contributed by atoms with Gasteiger partial charge in [0.15, 0.2) is 0 Å². The van der Waals surface area contributed by atoms with Crippen LogP contribution < -0.4 is 16.1 Å². The van der Waals surface area contributed by atoms with Gasteiger partial charge >= 0.3 is 5.97 Å². The highest BCUT2D eigenvalue weighted by Crippen LogP contribution is 2.24. The van der Waals surface area contributed by atoms with Crippen molar-refractivity contribution in [3.05, 3.63) is 47.2 Å². The molecule has 2 heterocycles. The molecule has 2 aromatic rings. The Labute approximate surface area is 253 Å². The van der Waals surface area contributed by atoms with Crippen molar-refractivity contribution in [2.24, 2.45) is 11.3 Å². The van der Waals surface area contributed by atoms with Crippen LogP contribution in [0.5, 0.6) is 0 Å². The van der Waals surface area contributed by atoms with Crippen LogP contribution in [0.4, 0.5) is 0 Å². The van der Waals surface area contributed by atoms with Gasteiger partial charge in [-0.05, 0) is 69.2 Å². The van der Waals surface area contributed by atoms with E-state index in [4.69, 9.17) is 9.72 Å². The van der Waals surface area contributed by atoms with E-state index < -0.39 is 41.3 Å². The maximum Gasteiger partial charge on any atom is 0.322 e. The lowest BCUT2D eigenvalue weighted by Gasteiger charge is -2.34. The predicted molar refractivity (Wildman–Crippen MR) is 165 cm³/mol. The Hall–Kier alpha value is -3.83. The summed E-state index contributed by atoms with van der Waals surface area (Å²) >= 11 is 0. The first-order valence-electron chi connectivity index (χ1n) is 14.8. The highest BCUT2D eigenvalue weighted by Gasteiger charge is 2.34. The number of aliphatic carboxylic acids is 1. The van der Waals surface area contributed by atoms with Crippen LogP contribution in [0.25, 0.3) is 17.0 Å². The normalized spacial score (nSPS) is 17.2. The Balaban J connectivity index is 1.67. The SMILES string of the molecule is CCc1nc2cc(/C=C/C(C)(C)C(=O)NC(C(=O)NC(C)C(=O)N3CCCC(C(=O)O)N3)C(C)C)ccc2cc1COC. The topological polar surface area (TPSA) is 150 Å². The molecular weight excluding hydrogens is 550 g/mol. The summed E-state index contributed by atoms with van der Waals surface area (Å²) in [7, 11) is 1.67. The van der Waals surface area contributed by atoms with Gasteiger partial charge in [-0.2, -0.15) is 0 Å². The number of nitrogens with zero attached hydrogens (tertiary/aromatic N) is 2. The fraction of sp³-hybridized carbons (Fsp3) is 0.531. The molecule has 1 fully saturated rings. The van der Waals surface area contributed by atoms with Crippen molar-refractivity contribution in [2.45, 2.75) is 85.5 Å². The number of methoxy groups -OCH3 is 1. The van der Waals surface area contributed by atoms with E-state index in [1.54, 1.807) is 34.0 Å². The minimum atomic E-state index is -1.03. The molecule has 1 aliphatic rings. The summed E-state index contributed by atoms with van der Waals surface area (Å²) in [6, 6.07) is 5.39. The fourth-order valence-corrected chi connectivity index (χ4v) is 4.92. The number of benzene rings is 1. The number of aryl methyl sites for hydroxylation is 1. The van der Waals surface area contributed by atoms with Gasteiger partial charge in [0.25, 0.3) is 5.91 Å². The summed E-state index contributed by atoms with van der Waals surface area (Å²) in [6.45, 7) is 11.6. The third-order valence-electron chi connectivity index (χ3n) is 7.64. The molecule has 1 aliphatic heterocycles. The number of ether oxygens (including phenoxy) is 1. The zero-order valence-corrected chi connectivity index (χ0v) is 26.2. The van der Waals surface area contributed by atoms with Gasteiger partial charge < -0.3 is 20.5 Å². The van der Waals surface area contributed by atoms with Crippen LogP contribution >= 0.6 is 0 Å². The highest BCUT2D eigenvalue weighted by molar-refractivity contribution is 5.94. The van der Waals surface area contributed by atoms with E-state index in [1.807, 2.05) is 38.1 Å². The first kappa shape index (κ1) is 33.7. The van der Waals surface area contributed by atoms with Gasteiger partial charge in [0.2, 0.25) is 11.8 Å². The van der Waals surface area contributed by atoms with Crippen LogP contribution in [-0.2, 0) is 36.9 Å². The molecule has 1 aromatic heterocycles. The number of hydrogen-bond acceptors (Lipinski definition) is 7. The summed E-state index contributed by atoms with van der Waals surface area (Å²) in [6.07, 6.45) is 5.41. The van der Waals surface area contributed by atoms with E-state index in [-0.39, 0.29) is 11.8 Å². The second kappa shape index (κ2) is 14.6. The number of hydrogen-bond donors (Lipinski definition) is 4. The van der Waals surface area contributed by atoms with Gasteiger partial charge in [-0.1, -0.05) is 45.1 Å². The van der Waals surface area contributed by atoms with Crippen molar-refractivity contribution in [1.82, 2.24) is 26.1 Å². The summed E-state index contributed by atoms with van der Waals surface area (Å²) in [5.41, 5.74) is 5.57. The zero-order chi connectivity index (χ0) is 31.9. The number of fused-ring (bicyclic) bond motifs is 1. The van der Waals surface area contributed by atoms with Gasteiger partial charge in [0.05, 0.1) is 17.5 Å². The van der Waals surface area contributed by atoms with E-state index in [0.29, 0.717) is 26.0 Å². The molecule has 0 saturated carbocycles. The molecule has 1 aromatic carbocycles. The van der Waals surface area contributed by atoms with Gasteiger partial charge in [0, 0.05) is 24.7 Å². The van der Waals surface area contributed by atoms with Gasteiger partial charge in [-0.15, -0.1) is 0 Å². The van der Waals surface area contributed by atoms with Gasteiger partial charge in [-0.25, -0.2) is 5.43 Å². The second-order valence-electron chi connectivity index (χ2n) is 12.0. The molecular formula is C32H45N5O6. The summed E-state index contributed by atoms with van der Waals surface area (Å²) in [5, 5.41) is 17.1. The number of pyridine rings is 1. The quantitative estimate of drug-likeness (QED) is 0.292. The lowest BCUT2D eigenvalue weighted by molar-refractivity contribution is -0.148. The smallest absolute Gasteiger partial charge is 0.322 e. The molecule has 11 heteroatoms. The molecule has 0 bridgehead atoms. The molecule has 0 aliphatic carbocycles. The molecule has 3 rings (SSSR count). The van der Waals surface area contributed by atoms with Gasteiger partial charge in [-0.3, -0.25) is 29.2 Å². The Kier molecular flexibility index (Phi) is 11.4. The molecule has 3 amide bonds. The zero-order valence-electron chi connectivity index (χ0n) is 26.2. The average molecular weight is 596 g/mol. The van der Waals surface area contributed by atoms with Crippen molar-refractivity contribution in [3.8, 4) is 0 Å². The van der Waals surface area contributed by atoms with E-state index in [0.717, 1.165) is 34.1 Å². The predicted octanol–water partition coefficient (Wildman–Crippen LogP) is 3.21. The molecule has 0 radical (unpaired) electrons. The van der Waals surface area contributed by atoms with Crippen molar-refractivity contribution in [1.29, 1.82) is 0 Å². The average Bonchev–Trinajstić information content (AvgIpc) is 2.97. The monoisotopic (exact) mass is 595 g/mol. The van der Waals surface area contributed by atoms with Crippen molar-refractivity contribution in [2.75, 3.05) is 13.7 Å². The minimum Gasteiger partial charge on any atom is -0.480 e. The Morgan fingerprint density at radius 1 is 1.19 bits per heavy atom. The molecule has 43 heavy (non-hydrogen) atoms. The minimum absolute atomic E-state index is 0.252. The molecule has 11 nitrogen and oxygen atoms in total. The number of carbonyl (C=O) groups excluding carboxylic acids is 3. The standard InChI is InChI=1S/C32H45N5O6/c1-8-24-23(18-43-7)17-22-12-11-21(16-26(22)34-24)13-14-32(5,6)31(42)35-27(19(2)3)28(38)33-20(4)29(39)37-15-9-10-25(36-37)30(40)41/h11-14,16-17,19-20,25,27,36H,8-10,15,18H2,1-7H3,(H,33,38)(H,35,42)(H,40,41)/b14-13+. The summed E-state index contributed by atoms with van der Waals surface area (Å²) in [5.74, 6) is -2.56. The summed E-state index contributed by atoms with van der Waals surface area (Å²) < 4.78 is 5.31. The Morgan fingerprint density at radius 3 is 2.53 bits per heavy atom. The van der Waals surface area contributed by atoms with Gasteiger partial charge in [0.1, 0.15) is 18.1 Å². The van der Waals surface area contributed by atoms with Crippen LogP contribution in [0.2, 0.25) is 0 Å². The van der Waals surface area contributed by atoms with E-state index in [1.165, 1.54) is 5.01 Å². The number of aromatic nitrogens is 1. The van der Waals surface area contributed by atoms with Crippen molar-refractivity contribution < 1.29 is 29.0 Å². The van der Waals surface area contributed by atoms with E-state index in [2.05, 4.69) is 29.0 Å². The maximum absolute atomic E-state index is 13.4. The van der Waals surface area contributed by atoms with Crippen LogP contribution in [0, 0.1) is 11.3 Å². The first-order chi connectivity index (χ1) is 20.3. The lowest BCUT2D eigenvalue weighted by atomic mass is 9.89. The van der Waals surface area contributed by atoms with Crippen LogP contribution in [0.3, 0.4) is 0 Å². The van der Waals surface area contributed by atoms with Crippen LogP contribution in [-0.4, -0.2) is 70.6 Å². The number of hydrazine groups is 1. The Bertz CT molecular complexity index is 1370. The maximum atomic E-state index is 13.4. The molecule has 1 saturated heterocycles. The number of nitrogens with one attached hydrogen (secondary N) is 3. The Morgan fingerprint density at radius 2 is 1.91 bits per heavy atom. The largest absolute Gasteiger partial charge is 0.480 e. The van der Waals surface area contributed by atoms with Crippen molar-refractivity contribution >= 4 is 40.7 Å². The number of rotatable bonds is 12. The third-order valence-corrected chi connectivity index (χ3v) is 7.64. The lowest BCUT2D eigenvalue weighted by Crippen LogP contribution is -2.61. The molecule has 0 spiro atoms. The molecule has 4 N–H and O–H groups in total. The van der Waals surface area contributed by atoms with Crippen LogP contribution in [0.15, 0.2) is 30.3 Å². The van der Waals surface area contributed by atoms with Crippen molar-refractivity contribution in [3.63, 3.8) is 0 Å². The number of carbonyl (C=O) groups is 4. The van der Waals surface area contributed by atoms with Crippen LogP contribution in [0.1, 0.15) is 71.2 Å². The number of carboxylic acid groups (broad SMARTS) is 1. The van der Waals surface area contributed by atoms with E-state index >= 15 is 0 Å². The van der Waals surface area contributed by atoms with E-state index in [9.17, 15) is 24.3 Å². The summed E-state index contributed by atoms with van der Waals surface area (Å²) in [4.78, 5) is 55.6. The third kappa shape index (κ3) is 8.61. The first-order valence-corrected chi connectivity index (χ1v) is 14.8.